The Labute approximate surface area is 590 Å². The number of aromatic nitrogens is 14. The number of imidazole rings is 4. The van der Waals surface area contributed by atoms with Crippen molar-refractivity contribution in [1.82, 2.24) is 80.5 Å². The highest BCUT2D eigenvalue weighted by atomic mass is 32.2. The molecule has 0 atom stereocenters. The molecule has 9 N–H and O–H groups in total. The van der Waals surface area contributed by atoms with Crippen molar-refractivity contribution in [1.29, 1.82) is 0 Å². The molecule has 30 heteroatoms. The zero-order valence-corrected chi connectivity index (χ0v) is 58.9. The molecule has 0 amide bonds. The Morgan fingerprint density at radius 1 is 0.451 bits per heavy atom. The van der Waals surface area contributed by atoms with Crippen LogP contribution in [0.2, 0.25) is 0 Å². The van der Waals surface area contributed by atoms with E-state index in [0.717, 1.165) is 106 Å². The van der Waals surface area contributed by atoms with Gasteiger partial charge in [0.25, 0.3) is 20.0 Å². The van der Waals surface area contributed by atoms with Crippen LogP contribution in [0.5, 0.6) is 0 Å². The summed E-state index contributed by atoms with van der Waals surface area (Å²) in [5.41, 5.74) is 30.1. The average molecular weight is 1440 g/mol. The summed E-state index contributed by atoms with van der Waals surface area (Å²) in [7, 11) is -8.81. The van der Waals surface area contributed by atoms with Crippen molar-refractivity contribution in [2.45, 2.75) is 77.3 Å². The summed E-state index contributed by atoms with van der Waals surface area (Å²) in [6.45, 7) is 4.52. The highest BCUT2D eigenvalue weighted by molar-refractivity contribution is 7.91. The van der Waals surface area contributed by atoms with Gasteiger partial charge in [-0.2, -0.15) is 12.9 Å². The van der Waals surface area contributed by atoms with E-state index < -0.39 is 30.1 Å². The van der Waals surface area contributed by atoms with Gasteiger partial charge in [-0.1, -0.05) is 72.8 Å². The minimum atomic E-state index is -3.61. The van der Waals surface area contributed by atoms with E-state index in [1.807, 2.05) is 105 Å². The number of nitrogen functional groups attached to an aromatic ring is 3. The van der Waals surface area contributed by atoms with E-state index in [9.17, 15) is 25.3 Å². The molecule has 3 saturated heterocycles. The highest BCUT2D eigenvalue weighted by Crippen LogP contribution is 2.41. The number of sulfonamides is 3. The van der Waals surface area contributed by atoms with E-state index in [-0.39, 0.29) is 22.8 Å². The van der Waals surface area contributed by atoms with Gasteiger partial charge in [0.1, 0.15) is 72.8 Å². The van der Waals surface area contributed by atoms with E-state index >= 15 is 0 Å². The number of benzene rings is 4. The molecule has 0 spiro atoms. The number of fused-ring (bicyclic) bond motifs is 6. The second-order valence-electron chi connectivity index (χ2n) is 26.0. The lowest BCUT2D eigenvalue weighted by atomic mass is 9.97. The molecule has 0 aliphatic carbocycles. The number of piperidine rings is 3. The van der Waals surface area contributed by atoms with E-state index in [1.165, 1.54) is 28.2 Å². The molecule has 3 aliphatic heterocycles. The first-order valence-corrected chi connectivity index (χ1v) is 38.8. The van der Waals surface area contributed by atoms with Crippen molar-refractivity contribution in [3.05, 3.63) is 206 Å². The summed E-state index contributed by atoms with van der Waals surface area (Å²) in [6.07, 6.45) is 17.8. The van der Waals surface area contributed by atoms with Crippen LogP contribution >= 0.6 is 11.3 Å². The summed E-state index contributed by atoms with van der Waals surface area (Å²) < 4.78 is 90.9. The van der Waals surface area contributed by atoms with Gasteiger partial charge < -0.3 is 36.7 Å². The van der Waals surface area contributed by atoms with E-state index in [4.69, 9.17) is 32.2 Å². The van der Waals surface area contributed by atoms with Crippen molar-refractivity contribution in [3.8, 4) is 34.2 Å². The van der Waals surface area contributed by atoms with Crippen LogP contribution in [-0.4, -0.2) is 145 Å². The molecule has 3 aliphatic rings. The second-order valence-corrected chi connectivity index (χ2v) is 33.0. The van der Waals surface area contributed by atoms with Crippen molar-refractivity contribution in [2.75, 3.05) is 56.5 Å². The number of aryl methyl sites for hydroxylation is 2. The fraction of sp³-hybridized carbons (Fsp3) is 0.236. The summed E-state index contributed by atoms with van der Waals surface area (Å²) >= 11 is 1.26. The number of anilines is 3. The van der Waals surface area contributed by atoms with Crippen LogP contribution in [0.4, 0.5) is 17.5 Å². The lowest BCUT2D eigenvalue weighted by molar-refractivity contribution is 0.312. The third kappa shape index (κ3) is 12.1. The topological polar surface area (TPSA) is 346 Å². The molecule has 520 valence electrons. The van der Waals surface area contributed by atoms with Gasteiger partial charge in [0.05, 0.1) is 28.3 Å². The maximum absolute atomic E-state index is 13.2. The van der Waals surface area contributed by atoms with Gasteiger partial charge in [-0.25, -0.2) is 60.1 Å². The second kappa shape index (κ2) is 26.4. The van der Waals surface area contributed by atoms with Gasteiger partial charge in [0.2, 0.25) is 10.0 Å². The minimum Gasteiger partial charge on any atom is -0.382 e. The Balaban J connectivity index is 0.000000118. The molecule has 4 aromatic carbocycles. The lowest BCUT2D eigenvalue weighted by Crippen LogP contribution is -2.38. The van der Waals surface area contributed by atoms with Crippen LogP contribution in [0.15, 0.2) is 197 Å². The average Bonchev–Trinajstić information content (AvgIpc) is 1.60. The standard InChI is InChI=1S/C26H26N6O2S.C23H24N8O2S.C23H22N6O2S2/c1-17-5-4-7-20(15-17)35(33,34)31-12-9-18(10-13-31)26-30-23(24-25(27)28-11-14-32(24)26)22-16-19-6-2-3-8-21(19)29-22;1-29-13-19(26-14-29)34(32,33)30-9-6-15(7-10-30)23-28-20(21-22(24)25-8-11-31(21)23)18-12-16-4-2-3-5-17(16)27-18;24-22-21-20(18-14-16-4-1-2-5-17(16)26-18)27-23(29(21)12-9-25-22)15-7-10-28(11-8-15)33(30,31)19-6-3-13-32-19/h2-8,11,14-16,18,29H,9-10,12-13H2,1H3,(H2,27,28);2-5,8,11-15,27H,6-7,9-10H2,1H3,(H2,24,25);1-6,9,12-15,26H,7-8,10-11H2,(H2,24,25). The third-order valence-corrected chi connectivity index (χ3v) is 26.6. The largest absolute Gasteiger partial charge is 0.382 e. The zero-order valence-electron chi connectivity index (χ0n) is 55.6. The summed E-state index contributed by atoms with van der Waals surface area (Å²) in [4.78, 5) is 42.7. The van der Waals surface area contributed by atoms with Crippen LogP contribution in [-0.2, 0) is 37.1 Å². The van der Waals surface area contributed by atoms with Crippen LogP contribution in [0.1, 0.15) is 79.3 Å². The normalized spacial score (nSPS) is 16.0. The van der Waals surface area contributed by atoms with E-state index in [1.54, 1.807) is 74.5 Å². The Kier molecular flexibility index (Phi) is 17.1. The minimum absolute atomic E-state index is 0.0830. The molecule has 14 heterocycles. The maximum atomic E-state index is 13.2. The summed E-state index contributed by atoms with van der Waals surface area (Å²) in [5.74, 6) is 4.19. The van der Waals surface area contributed by atoms with Gasteiger partial charge in [-0.05, 0) is 111 Å². The summed E-state index contributed by atoms with van der Waals surface area (Å²) in [6, 6.07) is 41.0. The number of nitrogens with one attached hydrogen (secondary N) is 3. The predicted octanol–water partition coefficient (Wildman–Crippen LogP) is 11.2. The van der Waals surface area contributed by atoms with Gasteiger partial charge in [-0.15, -0.1) is 11.3 Å². The number of hydrogen-bond donors (Lipinski definition) is 6. The van der Waals surface area contributed by atoms with Crippen molar-refractivity contribution in [2.24, 2.45) is 7.05 Å². The first-order chi connectivity index (χ1) is 49.3. The van der Waals surface area contributed by atoms with Gasteiger partial charge in [-0.3, -0.25) is 13.2 Å². The van der Waals surface area contributed by atoms with Gasteiger partial charge in [0.15, 0.2) is 5.03 Å². The molecule has 0 saturated carbocycles. The van der Waals surface area contributed by atoms with Gasteiger partial charge in [0, 0.05) is 140 Å². The fourth-order valence-electron chi connectivity index (χ4n) is 14.5. The smallest absolute Gasteiger partial charge is 0.262 e. The zero-order chi connectivity index (χ0) is 70.2. The molecular weight excluding hydrogens is 1370 g/mol. The molecule has 0 unspecified atom stereocenters. The predicted molar refractivity (Wildman–Crippen MR) is 395 cm³/mol. The molecule has 0 bridgehead atoms. The Bertz CT molecular complexity index is 5910. The monoisotopic (exact) mass is 1440 g/mol. The van der Waals surface area contributed by atoms with Crippen LogP contribution < -0.4 is 17.2 Å². The van der Waals surface area contributed by atoms with Crippen molar-refractivity contribution < 1.29 is 25.3 Å². The fourth-order valence-corrected chi connectivity index (χ4v) is 20.1. The number of aromatic amines is 3. The molecule has 18 rings (SSSR count). The number of thiophene rings is 1. The number of nitrogens with two attached hydrogens (primary N) is 3. The molecule has 15 aromatic rings. The lowest BCUT2D eigenvalue weighted by Gasteiger charge is -2.30. The number of H-pyrrole nitrogens is 3. The number of para-hydroxylation sites is 3. The Morgan fingerprint density at radius 3 is 1.21 bits per heavy atom. The van der Waals surface area contributed by atoms with Crippen LogP contribution in [0.25, 0.3) is 83.4 Å². The van der Waals surface area contributed by atoms with Crippen molar-refractivity contribution in [3.63, 3.8) is 0 Å². The number of hydrogen-bond acceptors (Lipinski definition) is 17. The van der Waals surface area contributed by atoms with E-state index in [0.29, 0.717) is 104 Å². The quantitative estimate of drug-likeness (QED) is 0.0662. The molecule has 11 aromatic heterocycles. The van der Waals surface area contributed by atoms with Crippen molar-refractivity contribution >= 4 is 108 Å². The first-order valence-electron chi connectivity index (χ1n) is 33.6. The van der Waals surface area contributed by atoms with E-state index in [2.05, 4.69) is 65.2 Å². The Morgan fingerprint density at radius 2 is 0.843 bits per heavy atom. The molecule has 26 nitrogen and oxygen atoms in total. The molecule has 0 radical (unpaired) electrons. The summed E-state index contributed by atoms with van der Waals surface area (Å²) in [5, 5.41) is 5.17. The molecule has 3 fully saturated rings. The van der Waals surface area contributed by atoms with Crippen LogP contribution in [0, 0.1) is 6.92 Å². The number of rotatable bonds is 12. The first kappa shape index (κ1) is 66.0. The van der Waals surface area contributed by atoms with Gasteiger partial charge >= 0.3 is 0 Å². The number of nitrogens with zero attached hydrogens (tertiary/aromatic N) is 14. The maximum Gasteiger partial charge on any atom is 0.262 e. The molecule has 102 heavy (non-hydrogen) atoms. The Hall–Kier alpha value is -10.6. The third-order valence-electron chi connectivity index (χ3n) is 19.6. The SMILES string of the molecule is Cc1cccc(S(=O)(=O)N2CCC(c3nc(-c4cc5ccccc5[nH]4)c4c(N)nccn34)CC2)c1.Cn1cnc(S(=O)(=O)N2CCC(c3nc(-c4cc5ccccc5[nH]4)c4c(N)nccn34)CC2)c1.Nc1nccn2c(C3CCN(S(=O)(=O)c4cccs4)CC3)nc(-c3cc4ccccc4[nH]3)c12. The van der Waals surface area contributed by atoms with Crippen LogP contribution in [0.3, 0.4) is 0 Å². The molecular formula is C72H72N20O6S4. The highest BCUT2D eigenvalue weighted by Gasteiger charge is 2.37.